The number of phenols is 1. The largest absolute Gasteiger partial charge is 0.504 e. The van der Waals surface area contributed by atoms with E-state index in [4.69, 9.17) is 4.74 Å². The topological polar surface area (TPSA) is 76.0 Å². The molecule has 0 aromatic heterocycles. The first-order chi connectivity index (χ1) is 8.84. The van der Waals surface area contributed by atoms with Gasteiger partial charge in [-0.25, -0.2) is 4.79 Å². The minimum absolute atomic E-state index is 0.0652. The number of aliphatic hydroxyl groups is 1. The van der Waals surface area contributed by atoms with Crippen LogP contribution < -0.4 is 4.74 Å². The molecule has 1 aromatic carbocycles. The Balaban J connectivity index is 3.02. The second-order valence-electron chi connectivity index (χ2n) is 3.68. The molecule has 0 aliphatic rings. The van der Waals surface area contributed by atoms with Crippen LogP contribution in [0.5, 0.6) is 11.5 Å². The SMILES string of the molecule is CCOC(=O)C(F)(F)C(O)c1ccc(OC)c(O)c1. The number of halogens is 2. The summed E-state index contributed by atoms with van der Waals surface area (Å²) in [5.74, 6) is -6.27. The normalized spacial score (nSPS) is 12.9. The lowest BCUT2D eigenvalue weighted by Crippen LogP contribution is -2.37. The average Bonchev–Trinajstić information content (AvgIpc) is 2.37. The molecule has 0 fully saturated rings. The Morgan fingerprint density at radius 1 is 1.47 bits per heavy atom. The molecule has 0 bridgehead atoms. The molecule has 106 valence electrons. The molecule has 0 radical (unpaired) electrons. The van der Waals surface area contributed by atoms with E-state index in [1.54, 1.807) is 0 Å². The van der Waals surface area contributed by atoms with Crippen molar-refractivity contribution in [1.82, 2.24) is 0 Å². The number of esters is 1. The Hall–Kier alpha value is -1.89. The fourth-order valence-corrected chi connectivity index (χ4v) is 1.43. The van der Waals surface area contributed by atoms with Gasteiger partial charge in [0.15, 0.2) is 17.6 Å². The average molecular weight is 276 g/mol. The molecule has 0 heterocycles. The second-order valence-corrected chi connectivity index (χ2v) is 3.68. The fraction of sp³-hybridized carbons (Fsp3) is 0.417. The number of benzene rings is 1. The number of rotatable bonds is 5. The summed E-state index contributed by atoms with van der Waals surface area (Å²) in [7, 11) is 1.29. The third-order valence-electron chi connectivity index (χ3n) is 2.41. The Bertz CT molecular complexity index is 461. The van der Waals surface area contributed by atoms with E-state index in [9.17, 15) is 23.8 Å². The van der Waals surface area contributed by atoms with Crippen LogP contribution in [0.3, 0.4) is 0 Å². The van der Waals surface area contributed by atoms with Crippen LogP contribution in [0.4, 0.5) is 8.78 Å². The third kappa shape index (κ3) is 3.11. The molecule has 0 saturated heterocycles. The van der Waals surface area contributed by atoms with Crippen LogP contribution in [0.2, 0.25) is 0 Å². The summed E-state index contributed by atoms with van der Waals surface area (Å²) in [6.45, 7) is 1.15. The van der Waals surface area contributed by atoms with Crippen molar-refractivity contribution in [3.63, 3.8) is 0 Å². The quantitative estimate of drug-likeness (QED) is 0.799. The van der Waals surface area contributed by atoms with E-state index in [1.165, 1.54) is 20.1 Å². The lowest BCUT2D eigenvalue weighted by atomic mass is 10.0. The Morgan fingerprint density at radius 3 is 2.58 bits per heavy atom. The van der Waals surface area contributed by atoms with Gasteiger partial charge in [-0.3, -0.25) is 0 Å². The van der Waals surface area contributed by atoms with Crippen LogP contribution in [0, 0.1) is 0 Å². The van der Waals surface area contributed by atoms with Crippen LogP contribution in [0.15, 0.2) is 18.2 Å². The Labute approximate surface area is 108 Å². The summed E-state index contributed by atoms with van der Waals surface area (Å²) < 4.78 is 36.0. The molecule has 1 aromatic rings. The van der Waals surface area contributed by atoms with Gasteiger partial charge >= 0.3 is 11.9 Å². The standard InChI is InChI=1S/C12H14F2O5/c1-3-19-11(17)12(13,14)10(16)7-4-5-9(18-2)8(15)6-7/h4-6,10,15-16H,3H2,1-2H3. The van der Waals surface area contributed by atoms with Gasteiger partial charge in [-0.15, -0.1) is 0 Å². The zero-order valence-electron chi connectivity index (χ0n) is 10.4. The molecule has 19 heavy (non-hydrogen) atoms. The highest BCUT2D eigenvalue weighted by molar-refractivity contribution is 5.78. The maximum atomic E-state index is 13.6. The third-order valence-corrected chi connectivity index (χ3v) is 2.41. The molecule has 0 aliphatic heterocycles. The summed E-state index contributed by atoms with van der Waals surface area (Å²) in [6, 6.07) is 3.22. The van der Waals surface area contributed by atoms with Gasteiger partial charge in [0.2, 0.25) is 0 Å². The highest BCUT2D eigenvalue weighted by atomic mass is 19.3. The van der Waals surface area contributed by atoms with Gasteiger partial charge in [-0.2, -0.15) is 8.78 Å². The molecule has 0 aliphatic carbocycles. The molecule has 1 unspecified atom stereocenters. The van der Waals surface area contributed by atoms with Gasteiger partial charge in [0.05, 0.1) is 13.7 Å². The minimum Gasteiger partial charge on any atom is -0.504 e. The van der Waals surface area contributed by atoms with Crippen molar-refractivity contribution < 1.29 is 33.3 Å². The van der Waals surface area contributed by atoms with Crippen molar-refractivity contribution in [3.05, 3.63) is 23.8 Å². The van der Waals surface area contributed by atoms with Crippen molar-refractivity contribution in [2.45, 2.75) is 19.0 Å². The number of methoxy groups -OCH3 is 1. The lowest BCUT2D eigenvalue weighted by molar-refractivity contribution is -0.189. The molecule has 1 rings (SSSR count). The van der Waals surface area contributed by atoms with Crippen molar-refractivity contribution in [2.75, 3.05) is 13.7 Å². The van der Waals surface area contributed by atoms with Crippen LogP contribution in [-0.4, -0.2) is 35.8 Å². The monoisotopic (exact) mass is 276 g/mol. The molecular weight excluding hydrogens is 262 g/mol. The van der Waals surface area contributed by atoms with E-state index >= 15 is 0 Å². The number of carbonyl (C=O) groups excluding carboxylic acids is 1. The van der Waals surface area contributed by atoms with E-state index in [2.05, 4.69) is 4.74 Å². The first-order valence-corrected chi connectivity index (χ1v) is 5.44. The van der Waals surface area contributed by atoms with E-state index < -0.39 is 23.7 Å². The molecule has 0 spiro atoms. The van der Waals surface area contributed by atoms with Crippen molar-refractivity contribution >= 4 is 5.97 Å². The minimum atomic E-state index is -4.10. The van der Waals surface area contributed by atoms with Crippen molar-refractivity contribution in [2.24, 2.45) is 0 Å². The maximum Gasteiger partial charge on any atom is 0.380 e. The number of carbonyl (C=O) groups is 1. The van der Waals surface area contributed by atoms with Crippen LogP contribution >= 0.6 is 0 Å². The smallest absolute Gasteiger partial charge is 0.380 e. The zero-order valence-corrected chi connectivity index (χ0v) is 10.4. The first-order valence-electron chi connectivity index (χ1n) is 5.44. The number of aromatic hydroxyl groups is 1. The van der Waals surface area contributed by atoms with Gasteiger partial charge < -0.3 is 19.7 Å². The Kier molecular flexibility index (Phi) is 4.66. The number of hydrogen-bond acceptors (Lipinski definition) is 5. The van der Waals surface area contributed by atoms with Crippen molar-refractivity contribution in [3.8, 4) is 11.5 Å². The number of aliphatic hydroxyl groups excluding tert-OH is 1. The van der Waals surface area contributed by atoms with E-state index in [1.807, 2.05) is 0 Å². The summed E-state index contributed by atoms with van der Waals surface area (Å²) in [5.41, 5.74) is -0.323. The van der Waals surface area contributed by atoms with Gasteiger partial charge in [0.1, 0.15) is 0 Å². The summed E-state index contributed by atoms with van der Waals surface area (Å²) in [4.78, 5) is 11.1. The molecule has 5 nitrogen and oxygen atoms in total. The maximum absolute atomic E-state index is 13.6. The predicted octanol–water partition coefficient (Wildman–Crippen LogP) is 1.63. The number of alkyl halides is 2. The first kappa shape index (κ1) is 15.2. The van der Waals surface area contributed by atoms with Crippen molar-refractivity contribution in [1.29, 1.82) is 0 Å². The van der Waals surface area contributed by atoms with Gasteiger partial charge in [0.25, 0.3) is 0 Å². The number of phenolic OH excluding ortho intramolecular Hbond substituents is 1. The molecule has 2 N–H and O–H groups in total. The Morgan fingerprint density at radius 2 is 2.11 bits per heavy atom. The fourth-order valence-electron chi connectivity index (χ4n) is 1.43. The van der Waals surface area contributed by atoms with E-state index in [-0.39, 0.29) is 17.9 Å². The van der Waals surface area contributed by atoms with Gasteiger partial charge in [-0.05, 0) is 24.6 Å². The van der Waals surface area contributed by atoms with Crippen LogP contribution in [0.1, 0.15) is 18.6 Å². The molecule has 0 saturated carbocycles. The van der Waals surface area contributed by atoms with E-state index in [0.717, 1.165) is 12.1 Å². The van der Waals surface area contributed by atoms with Crippen LogP contribution in [-0.2, 0) is 9.53 Å². The highest BCUT2D eigenvalue weighted by Gasteiger charge is 2.49. The van der Waals surface area contributed by atoms with Crippen LogP contribution in [0.25, 0.3) is 0 Å². The number of ether oxygens (including phenoxy) is 2. The van der Waals surface area contributed by atoms with E-state index in [0.29, 0.717) is 0 Å². The molecular formula is C12H14F2O5. The second kappa shape index (κ2) is 5.83. The highest BCUT2D eigenvalue weighted by Crippen LogP contribution is 2.36. The summed E-state index contributed by atoms with van der Waals surface area (Å²) in [6.07, 6.45) is -2.41. The van der Waals surface area contributed by atoms with Gasteiger partial charge in [0, 0.05) is 0 Å². The summed E-state index contributed by atoms with van der Waals surface area (Å²) in [5, 5.41) is 19.0. The zero-order chi connectivity index (χ0) is 14.6. The predicted molar refractivity (Wildman–Crippen MR) is 61.2 cm³/mol. The molecule has 1 atom stereocenters. The number of hydrogen-bond donors (Lipinski definition) is 2. The molecule has 7 heteroatoms. The lowest BCUT2D eigenvalue weighted by Gasteiger charge is -2.21. The summed E-state index contributed by atoms with van der Waals surface area (Å²) >= 11 is 0. The van der Waals surface area contributed by atoms with Gasteiger partial charge in [-0.1, -0.05) is 6.07 Å². The molecule has 0 amide bonds.